The van der Waals surface area contributed by atoms with E-state index in [1.165, 1.54) is 0 Å². The van der Waals surface area contributed by atoms with Crippen LogP contribution < -0.4 is 5.32 Å². The summed E-state index contributed by atoms with van der Waals surface area (Å²) in [5.74, 6) is -0.707. The van der Waals surface area contributed by atoms with Crippen molar-refractivity contribution >= 4 is 5.97 Å². The highest BCUT2D eigenvalue weighted by molar-refractivity contribution is 5.75. The van der Waals surface area contributed by atoms with E-state index in [-0.39, 0.29) is 6.10 Å². The summed E-state index contributed by atoms with van der Waals surface area (Å²) in [7, 11) is 1.61. The summed E-state index contributed by atoms with van der Waals surface area (Å²) in [6, 6.07) is 0. The van der Waals surface area contributed by atoms with Crippen LogP contribution in [-0.4, -0.2) is 37.4 Å². The predicted molar refractivity (Wildman–Crippen MR) is 48.6 cm³/mol. The third kappa shape index (κ3) is 2.19. The van der Waals surface area contributed by atoms with Crippen molar-refractivity contribution in [3.05, 3.63) is 0 Å². The molecular formula is C9H17NO3. The number of rotatable bonds is 4. The Morgan fingerprint density at radius 3 is 2.85 bits per heavy atom. The van der Waals surface area contributed by atoms with Crippen molar-refractivity contribution in [3.8, 4) is 0 Å². The topological polar surface area (TPSA) is 58.6 Å². The lowest BCUT2D eigenvalue weighted by Gasteiger charge is -2.25. The number of carbonyl (C=O) groups is 1. The first-order valence-electron chi connectivity index (χ1n) is 4.58. The maximum absolute atomic E-state index is 11.1. The lowest BCUT2D eigenvalue weighted by atomic mass is 9.82. The van der Waals surface area contributed by atoms with Gasteiger partial charge < -0.3 is 15.2 Å². The van der Waals surface area contributed by atoms with E-state index in [0.717, 1.165) is 6.54 Å². The van der Waals surface area contributed by atoms with Crippen LogP contribution in [0.3, 0.4) is 0 Å². The van der Waals surface area contributed by atoms with Gasteiger partial charge >= 0.3 is 5.97 Å². The van der Waals surface area contributed by atoms with Crippen LogP contribution in [-0.2, 0) is 9.53 Å². The molecule has 0 radical (unpaired) electrons. The molecule has 0 bridgehead atoms. The second-order valence-corrected chi connectivity index (χ2v) is 3.76. The van der Waals surface area contributed by atoms with Crippen molar-refractivity contribution in [3.63, 3.8) is 0 Å². The van der Waals surface area contributed by atoms with Crippen LogP contribution in [0.25, 0.3) is 0 Å². The largest absolute Gasteiger partial charge is 0.481 e. The SMILES string of the molecule is COC(C)CC1(C(=O)O)CCNC1. The van der Waals surface area contributed by atoms with Crippen LogP contribution in [0.4, 0.5) is 0 Å². The summed E-state index contributed by atoms with van der Waals surface area (Å²) < 4.78 is 5.10. The molecule has 1 aliphatic heterocycles. The van der Waals surface area contributed by atoms with Crippen LogP contribution in [0.15, 0.2) is 0 Å². The molecule has 2 atom stereocenters. The molecule has 0 aliphatic carbocycles. The monoisotopic (exact) mass is 187 g/mol. The molecule has 0 aromatic heterocycles. The van der Waals surface area contributed by atoms with E-state index in [1.54, 1.807) is 7.11 Å². The maximum atomic E-state index is 11.1. The number of hydrogen-bond acceptors (Lipinski definition) is 3. The first kappa shape index (κ1) is 10.5. The van der Waals surface area contributed by atoms with Gasteiger partial charge in [-0.3, -0.25) is 4.79 Å². The average Bonchev–Trinajstić information content (AvgIpc) is 2.54. The van der Waals surface area contributed by atoms with Gasteiger partial charge in [0.1, 0.15) is 0 Å². The molecule has 2 unspecified atom stereocenters. The van der Waals surface area contributed by atoms with E-state index in [1.807, 2.05) is 6.92 Å². The molecule has 0 aromatic carbocycles. The van der Waals surface area contributed by atoms with Crippen molar-refractivity contribution in [2.75, 3.05) is 20.2 Å². The van der Waals surface area contributed by atoms with Crippen LogP contribution in [0.2, 0.25) is 0 Å². The van der Waals surface area contributed by atoms with Gasteiger partial charge in [0.2, 0.25) is 0 Å². The minimum Gasteiger partial charge on any atom is -0.481 e. The van der Waals surface area contributed by atoms with Crippen molar-refractivity contribution in [1.29, 1.82) is 0 Å². The molecule has 4 nitrogen and oxygen atoms in total. The number of carboxylic acids is 1. The first-order valence-corrected chi connectivity index (χ1v) is 4.58. The molecule has 0 amide bonds. The predicted octanol–water partition coefficient (Wildman–Crippen LogP) is 0.476. The molecule has 1 saturated heterocycles. The molecular weight excluding hydrogens is 170 g/mol. The Kier molecular flexibility index (Phi) is 3.27. The lowest BCUT2D eigenvalue weighted by molar-refractivity contribution is -0.149. The van der Waals surface area contributed by atoms with Gasteiger partial charge in [-0.25, -0.2) is 0 Å². The number of aliphatic carboxylic acids is 1. The molecule has 13 heavy (non-hydrogen) atoms. The summed E-state index contributed by atoms with van der Waals surface area (Å²) >= 11 is 0. The van der Waals surface area contributed by atoms with Gasteiger partial charge in [-0.1, -0.05) is 0 Å². The molecule has 0 saturated carbocycles. The average molecular weight is 187 g/mol. The second-order valence-electron chi connectivity index (χ2n) is 3.76. The summed E-state index contributed by atoms with van der Waals surface area (Å²) in [4.78, 5) is 11.1. The molecule has 1 aliphatic rings. The van der Waals surface area contributed by atoms with Gasteiger partial charge in [0.05, 0.1) is 11.5 Å². The summed E-state index contributed by atoms with van der Waals surface area (Å²) in [6.45, 7) is 3.27. The fraction of sp³-hybridized carbons (Fsp3) is 0.889. The highest BCUT2D eigenvalue weighted by Gasteiger charge is 2.42. The number of carboxylic acid groups (broad SMARTS) is 1. The molecule has 0 spiro atoms. The van der Waals surface area contributed by atoms with Crippen LogP contribution >= 0.6 is 0 Å². The van der Waals surface area contributed by atoms with Crippen LogP contribution in [0, 0.1) is 5.41 Å². The van der Waals surface area contributed by atoms with E-state index < -0.39 is 11.4 Å². The fourth-order valence-corrected chi connectivity index (χ4v) is 1.82. The number of nitrogens with one attached hydrogen (secondary N) is 1. The Labute approximate surface area is 78.3 Å². The van der Waals surface area contributed by atoms with E-state index in [9.17, 15) is 4.79 Å². The quantitative estimate of drug-likeness (QED) is 0.672. The van der Waals surface area contributed by atoms with Crippen molar-refractivity contribution in [1.82, 2.24) is 5.32 Å². The van der Waals surface area contributed by atoms with Crippen molar-refractivity contribution in [2.45, 2.75) is 25.9 Å². The van der Waals surface area contributed by atoms with Gasteiger partial charge in [-0.05, 0) is 26.3 Å². The normalized spacial score (nSPS) is 30.3. The molecule has 1 fully saturated rings. The van der Waals surface area contributed by atoms with Crippen LogP contribution in [0.5, 0.6) is 0 Å². The highest BCUT2D eigenvalue weighted by Crippen LogP contribution is 2.31. The first-order chi connectivity index (χ1) is 6.10. The summed E-state index contributed by atoms with van der Waals surface area (Å²) in [5, 5.41) is 12.2. The summed E-state index contributed by atoms with van der Waals surface area (Å²) in [6.07, 6.45) is 1.30. The van der Waals surface area contributed by atoms with E-state index in [4.69, 9.17) is 9.84 Å². The van der Waals surface area contributed by atoms with Crippen LogP contribution in [0.1, 0.15) is 19.8 Å². The molecule has 2 N–H and O–H groups in total. The van der Waals surface area contributed by atoms with Gasteiger partial charge in [-0.15, -0.1) is 0 Å². The molecule has 1 heterocycles. The Hall–Kier alpha value is -0.610. The van der Waals surface area contributed by atoms with Gasteiger partial charge in [0, 0.05) is 13.7 Å². The fourth-order valence-electron chi connectivity index (χ4n) is 1.82. The van der Waals surface area contributed by atoms with E-state index in [2.05, 4.69) is 5.32 Å². The smallest absolute Gasteiger partial charge is 0.311 e. The Bertz CT molecular complexity index is 187. The van der Waals surface area contributed by atoms with E-state index >= 15 is 0 Å². The zero-order chi connectivity index (χ0) is 9.90. The lowest BCUT2D eigenvalue weighted by Crippen LogP contribution is -2.36. The van der Waals surface area contributed by atoms with Gasteiger partial charge in [-0.2, -0.15) is 0 Å². The number of ether oxygens (including phenoxy) is 1. The Morgan fingerprint density at radius 2 is 2.46 bits per heavy atom. The minimum absolute atomic E-state index is 0.0102. The second kappa shape index (κ2) is 4.07. The number of methoxy groups -OCH3 is 1. The minimum atomic E-state index is -0.707. The van der Waals surface area contributed by atoms with Gasteiger partial charge in [0.15, 0.2) is 0 Å². The Morgan fingerprint density at radius 1 is 1.77 bits per heavy atom. The third-order valence-corrected chi connectivity index (χ3v) is 2.78. The van der Waals surface area contributed by atoms with Gasteiger partial charge in [0.25, 0.3) is 0 Å². The number of hydrogen-bond donors (Lipinski definition) is 2. The molecule has 0 aromatic rings. The molecule has 4 heteroatoms. The van der Waals surface area contributed by atoms with E-state index in [0.29, 0.717) is 19.4 Å². The zero-order valence-corrected chi connectivity index (χ0v) is 8.17. The Balaban J connectivity index is 2.62. The highest BCUT2D eigenvalue weighted by atomic mass is 16.5. The summed E-state index contributed by atoms with van der Waals surface area (Å²) in [5.41, 5.74) is -0.602. The molecule has 76 valence electrons. The third-order valence-electron chi connectivity index (χ3n) is 2.78. The zero-order valence-electron chi connectivity index (χ0n) is 8.17. The van der Waals surface area contributed by atoms with Crippen molar-refractivity contribution < 1.29 is 14.6 Å². The molecule has 1 rings (SSSR count). The standard InChI is InChI=1S/C9H17NO3/c1-7(13-2)5-9(8(11)12)3-4-10-6-9/h7,10H,3-6H2,1-2H3,(H,11,12). The maximum Gasteiger partial charge on any atom is 0.311 e. The van der Waals surface area contributed by atoms with Crippen molar-refractivity contribution in [2.24, 2.45) is 5.41 Å².